The Balaban J connectivity index is 1.78. The van der Waals surface area contributed by atoms with E-state index in [1.165, 1.54) is 0 Å². The van der Waals surface area contributed by atoms with Crippen molar-refractivity contribution in [1.29, 1.82) is 0 Å². The van der Waals surface area contributed by atoms with Gasteiger partial charge in [-0.3, -0.25) is 4.79 Å². The predicted molar refractivity (Wildman–Crippen MR) is 92.6 cm³/mol. The van der Waals surface area contributed by atoms with Crippen LogP contribution in [0.2, 0.25) is 0 Å². The number of carbonyl (C=O) groups excluding carboxylic acids is 2. The van der Waals surface area contributed by atoms with Gasteiger partial charge in [-0.2, -0.15) is 0 Å². The highest BCUT2D eigenvalue weighted by Crippen LogP contribution is 2.27. The highest BCUT2D eigenvalue weighted by atomic mass is 16.5. The van der Waals surface area contributed by atoms with E-state index in [0.29, 0.717) is 23.3 Å². The van der Waals surface area contributed by atoms with E-state index in [2.05, 4.69) is 0 Å². The summed E-state index contributed by atoms with van der Waals surface area (Å²) in [5.74, 6) is -0.859. The monoisotopic (exact) mass is 338 g/mol. The normalized spacial score (nSPS) is 10.8. The largest absolute Gasteiger partial charge is 0.451 e. The second kappa shape index (κ2) is 7.77. The van der Waals surface area contributed by atoms with Crippen LogP contribution < -0.4 is 0 Å². The summed E-state index contributed by atoms with van der Waals surface area (Å²) >= 11 is 0. The standard InChI is InChI=1S/C20H18O5/c1-2-23-12-16-15-10-6-7-11-18(15)25-19(16)20(22)24-13-17(21)14-8-4-3-5-9-14/h3-11H,2,12-13H2,1H3. The fourth-order valence-electron chi connectivity index (χ4n) is 2.52. The number of benzene rings is 2. The lowest BCUT2D eigenvalue weighted by atomic mass is 10.1. The molecule has 3 aromatic rings. The molecule has 0 amide bonds. The smallest absolute Gasteiger partial charge is 0.375 e. The maximum absolute atomic E-state index is 12.4. The van der Waals surface area contributed by atoms with Crippen LogP contribution in [-0.2, 0) is 16.1 Å². The summed E-state index contributed by atoms with van der Waals surface area (Å²) in [6, 6.07) is 16.0. The van der Waals surface area contributed by atoms with Gasteiger partial charge < -0.3 is 13.9 Å². The van der Waals surface area contributed by atoms with Crippen molar-refractivity contribution >= 4 is 22.7 Å². The number of Topliss-reactive ketones (excluding diaryl/α,β-unsaturated/α-hetero) is 1. The van der Waals surface area contributed by atoms with Crippen LogP contribution in [0.15, 0.2) is 59.0 Å². The van der Waals surface area contributed by atoms with Crippen LogP contribution in [0, 0.1) is 0 Å². The van der Waals surface area contributed by atoms with Gasteiger partial charge in [-0.05, 0) is 13.0 Å². The predicted octanol–water partition coefficient (Wildman–Crippen LogP) is 4.01. The van der Waals surface area contributed by atoms with Gasteiger partial charge in [-0.25, -0.2) is 4.79 Å². The van der Waals surface area contributed by atoms with Gasteiger partial charge >= 0.3 is 5.97 Å². The molecule has 25 heavy (non-hydrogen) atoms. The average Bonchev–Trinajstić information content (AvgIpc) is 3.03. The molecule has 5 heteroatoms. The fraction of sp³-hybridized carbons (Fsp3) is 0.200. The summed E-state index contributed by atoms with van der Waals surface area (Å²) in [5.41, 5.74) is 1.71. The lowest BCUT2D eigenvalue weighted by molar-refractivity contribution is 0.0439. The van der Waals surface area contributed by atoms with Crippen molar-refractivity contribution in [2.24, 2.45) is 0 Å². The minimum Gasteiger partial charge on any atom is -0.451 e. The molecule has 5 nitrogen and oxygen atoms in total. The average molecular weight is 338 g/mol. The number of rotatable bonds is 7. The molecule has 0 aliphatic heterocycles. The highest BCUT2D eigenvalue weighted by Gasteiger charge is 2.22. The summed E-state index contributed by atoms with van der Waals surface area (Å²) < 4.78 is 16.2. The van der Waals surface area contributed by atoms with E-state index in [9.17, 15) is 9.59 Å². The number of hydrogen-bond acceptors (Lipinski definition) is 5. The first-order valence-electron chi connectivity index (χ1n) is 8.04. The maximum Gasteiger partial charge on any atom is 0.375 e. The second-order valence-corrected chi connectivity index (χ2v) is 5.41. The topological polar surface area (TPSA) is 65.7 Å². The van der Waals surface area contributed by atoms with Gasteiger partial charge in [0.25, 0.3) is 0 Å². The summed E-state index contributed by atoms with van der Waals surface area (Å²) in [5, 5.41) is 0.803. The maximum atomic E-state index is 12.4. The summed E-state index contributed by atoms with van der Waals surface area (Å²) in [7, 11) is 0. The molecule has 0 unspecified atom stereocenters. The van der Waals surface area contributed by atoms with Crippen LogP contribution in [0.1, 0.15) is 33.4 Å². The molecule has 0 N–H and O–H groups in total. The fourth-order valence-corrected chi connectivity index (χ4v) is 2.52. The quantitative estimate of drug-likeness (QED) is 0.481. The Labute approximate surface area is 145 Å². The third-order valence-corrected chi connectivity index (χ3v) is 3.76. The molecule has 0 aliphatic rings. The van der Waals surface area contributed by atoms with Crippen molar-refractivity contribution in [2.45, 2.75) is 13.5 Å². The molecular formula is C20H18O5. The van der Waals surface area contributed by atoms with Crippen LogP contribution in [0.3, 0.4) is 0 Å². The van der Waals surface area contributed by atoms with Gasteiger partial charge in [0.1, 0.15) is 5.58 Å². The Kier molecular flexibility index (Phi) is 5.26. The van der Waals surface area contributed by atoms with Gasteiger partial charge in [-0.1, -0.05) is 48.5 Å². The molecule has 0 saturated carbocycles. The van der Waals surface area contributed by atoms with Gasteiger partial charge in [0.05, 0.1) is 6.61 Å². The van der Waals surface area contributed by atoms with E-state index in [4.69, 9.17) is 13.9 Å². The van der Waals surface area contributed by atoms with E-state index >= 15 is 0 Å². The lowest BCUT2D eigenvalue weighted by Crippen LogP contribution is -2.15. The first-order chi connectivity index (χ1) is 12.2. The summed E-state index contributed by atoms with van der Waals surface area (Å²) in [6.07, 6.45) is 0. The Bertz CT molecular complexity index is 879. The summed E-state index contributed by atoms with van der Waals surface area (Å²) in [4.78, 5) is 24.5. The molecule has 0 fully saturated rings. The zero-order valence-corrected chi connectivity index (χ0v) is 13.9. The highest BCUT2D eigenvalue weighted by molar-refractivity contribution is 6.00. The number of esters is 1. The van der Waals surface area contributed by atoms with Crippen LogP contribution in [0.4, 0.5) is 0 Å². The molecule has 2 aromatic carbocycles. The Morgan fingerprint density at radius 1 is 1.00 bits per heavy atom. The molecule has 3 rings (SSSR count). The molecule has 0 radical (unpaired) electrons. The van der Waals surface area contributed by atoms with Gasteiger partial charge in [0, 0.05) is 23.1 Å². The van der Waals surface area contributed by atoms with E-state index in [1.54, 1.807) is 30.3 Å². The first-order valence-corrected chi connectivity index (χ1v) is 8.04. The SMILES string of the molecule is CCOCc1c(C(=O)OCC(=O)c2ccccc2)oc2ccccc12. The third-order valence-electron chi connectivity index (χ3n) is 3.76. The molecule has 0 aliphatic carbocycles. The number of para-hydroxylation sites is 1. The number of fused-ring (bicyclic) bond motifs is 1. The number of ether oxygens (including phenoxy) is 2. The molecule has 1 aromatic heterocycles. The number of hydrogen-bond donors (Lipinski definition) is 0. The first kappa shape index (κ1) is 16.9. The molecular weight excluding hydrogens is 320 g/mol. The van der Waals surface area contributed by atoms with Crippen LogP contribution in [0.25, 0.3) is 11.0 Å². The minimum atomic E-state index is -0.671. The van der Waals surface area contributed by atoms with Crippen molar-refractivity contribution in [3.8, 4) is 0 Å². The van der Waals surface area contributed by atoms with Crippen LogP contribution in [-0.4, -0.2) is 25.0 Å². The Morgan fingerprint density at radius 2 is 1.72 bits per heavy atom. The van der Waals surface area contributed by atoms with Crippen molar-refractivity contribution in [1.82, 2.24) is 0 Å². The third kappa shape index (κ3) is 3.78. The zero-order chi connectivity index (χ0) is 17.6. The summed E-state index contributed by atoms with van der Waals surface area (Å²) in [6.45, 7) is 2.29. The van der Waals surface area contributed by atoms with Crippen molar-refractivity contribution < 1.29 is 23.5 Å². The minimum absolute atomic E-state index is 0.0792. The Morgan fingerprint density at radius 3 is 2.48 bits per heavy atom. The number of ketones is 1. The number of carbonyl (C=O) groups is 2. The molecule has 1 heterocycles. The lowest BCUT2D eigenvalue weighted by Gasteiger charge is -2.05. The van der Waals surface area contributed by atoms with Gasteiger partial charge in [0.2, 0.25) is 5.76 Å². The Hall–Kier alpha value is -2.92. The molecule has 0 bridgehead atoms. The van der Waals surface area contributed by atoms with Crippen LogP contribution >= 0.6 is 0 Å². The van der Waals surface area contributed by atoms with Crippen molar-refractivity contribution in [3.63, 3.8) is 0 Å². The van der Waals surface area contributed by atoms with E-state index in [-0.39, 0.29) is 24.8 Å². The molecule has 0 atom stereocenters. The van der Waals surface area contributed by atoms with Crippen molar-refractivity contribution in [3.05, 3.63) is 71.5 Å². The molecule has 128 valence electrons. The van der Waals surface area contributed by atoms with Crippen molar-refractivity contribution in [2.75, 3.05) is 13.2 Å². The van der Waals surface area contributed by atoms with E-state index in [1.807, 2.05) is 31.2 Å². The number of furan rings is 1. The molecule has 0 spiro atoms. The molecule has 0 saturated heterocycles. The van der Waals surface area contributed by atoms with Gasteiger partial charge in [-0.15, -0.1) is 0 Å². The van der Waals surface area contributed by atoms with E-state index < -0.39 is 5.97 Å². The van der Waals surface area contributed by atoms with Crippen LogP contribution in [0.5, 0.6) is 0 Å². The second-order valence-electron chi connectivity index (χ2n) is 5.41. The van der Waals surface area contributed by atoms with E-state index in [0.717, 1.165) is 5.39 Å². The zero-order valence-electron chi connectivity index (χ0n) is 13.9. The van der Waals surface area contributed by atoms with Gasteiger partial charge in [0.15, 0.2) is 12.4 Å².